The predicted octanol–water partition coefficient (Wildman–Crippen LogP) is 2.26. The monoisotopic (exact) mass is 249 g/mol. The van der Waals surface area contributed by atoms with Crippen molar-refractivity contribution in [2.24, 2.45) is 5.73 Å². The number of ether oxygens (including phenoxy) is 1. The highest BCUT2D eigenvalue weighted by atomic mass is 35.5. The van der Waals surface area contributed by atoms with Crippen LogP contribution in [-0.4, -0.2) is 17.1 Å². The van der Waals surface area contributed by atoms with E-state index in [1.807, 2.05) is 0 Å². The summed E-state index contributed by atoms with van der Waals surface area (Å²) in [5.74, 6) is 0.699. The minimum Gasteiger partial charge on any atom is -0.496 e. The molecular formula is C12H12ClN3O. The summed E-state index contributed by atoms with van der Waals surface area (Å²) in [7, 11) is 1.60. The number of rotatable bonds is 3. The number of hydrogen-bond acceptors (Lipinski definition) is 4. The highest BCUT2D eigenvalue weighted by Gasteiger charge is 2.12. The molecule has 0 atom stereocenters. The van der Waals surface area contributed by atoms with Crippen LogP contribution in [0.4, 0.5) is 0 Å². The van der Waals surface area contributed by atoms with Crippen molar-refractivity contribution in [1.82, 2.24) is 9.97 Å². The third-order valence-electron chi connectivity index (χ3n) is 2.38. The number of halogens is 1. The van der Waals surface area contributed by atoms with E-state index in [-0.39, 0.29) is 0 Å². The van der Waals surface area contributed by atoms with Gasteiger partial charge in [-0.1, -0.05) is 11.6 Å². The molecule has 0 aliphatic heterocycles. The van der Waals surface area contributed by atoms with Crippen LogP contribution in [-0.2, 0) is 6.54 Å². The van der Waals surface area contributed by atoms with Gasteiger partial charge in [0.1, 0.15) is 5.75 Å². The molecule has 0 saturated carbocycles. The number of hydrogen-bond donors (Lipinski definition) is 1. The van der Waals surface area contributed by atoms with E-state index in [0.29, 0.717) is 28.7 Å². The summed E-state index contributed by atoms with van der Waals surface area (Å²) in [4.78, 5) is 8.48. The summed E-state index contributed by atoms with van der Waals surface area (Å²) < 4.78 is 5.29. The molecule has 88 valence electrons. The van der Waals surface area contributed by atoms with E-state index in [2.05, 4.69) is 9.97 Å². The average molecular weight is 250 g/mol. The molecule has 0 unspecified atom stereocenters. The van der Waals surface area contributed by atoms with Gasteiger partial charge in [0.2, 0.25) is 0 Å². The zero-order chi connectivity index (χ0) is 12.3. The Balaban J connectivity index is 2.62. The molecule has 0 fully saturated rings. The molecule has 4 nitrogen and oxygen atoms in total. The number of benzene rings is 1. The van der Waals surface area contributed by atoms with Crippen molar-refractivity contribution >= 4 is 11.6 Å². The fourth-order valence-corrected chi connectivity index (χ4v) is 1.78. The minimum atomic E-state index is 0.318. The largest absolute Gasteiger partial charge is 0.496 e. The van der Waals surface area contributed by atoms with Gasteiger partial charge in [0, 0.05) is 29.5 Å². The SMILES string of the molecule is COc1ccc(Cl)cc1-c1nccnc1CN. The van der Waals surface area contributed by atoms with Gasteiger partial charge in [0.15, 0.2) is 0 Å². The molecule has 2 rings (SSSR count). The smallest absolute Gasteiger partial charge is 0.128 e. The van der Waals surface area contributed by atoms with Gasteiger partial charge in [-0.25, -0.2) is 0 Å². The van der Waals surface area contributed by atoms with Crippen molar-refractivity contribution in [3.05, 3.63) is 41.3 Å². The van der Waals surface area contributed by atoms with E-state index in [4.69, 9.17) is 22.1 Å². The second kappa shape index (κ2) is 5.12. The van der Waals surface area contributed by atoms with E-state index in [9.17, 15) is 0 Å². The Morgan fingerprint density at radius 3 is 2.76 bits per heavy atom. The lowest BCUT2D eigenvalue weighted by molar-refractivity contribution is 0.416. The van der Waals surface area contributed by atoms with Gasteiger partial charge in [-0.15, -0.1) is 0 Å². The van der Waals surface area contributed by atoms with Crippen molar-refractivity contribution in [1.29, 1.82) is 0 Å². The quantitative estimate of drug-likeness (QED) is 0.907. The first kappa shape index (κ1) is 11.8. The van der Waals surface area contributed by atoms with Crippen molar-refractivity contribution < 1.29 is 4.74 Å². The zero-order valence-electron chi connectivity index (χ0n) is 9.35. The summed E-state index contributed by atoms with van der Waals surface area (Å²) in [6.07, 6.45) is 3.23. The Morgan fingerprint density at radius 1 is 1.29 bits per heavy atom. The van der Waals surface area contributed by atoms with Crippen LogP contribution in [0.15, 0.2) is 30.6 Å². The number of nitrogens with zero attached hydrogens (tertiary/aromatic N) is 2. The minimum absolute atomic E-state index is 0.318. The van der Waals surface area contributed by atoms with Crippen LogP contribution in [0.3, 0.4) is 0 Å². The molecule has 0 radical (unpaired) electrons. The first-order valence-corrected chi connectivity index (χ1v) is 5.48. The van der Waals surface area contributed by atoms with Crippen LogP contribution in [0, 0.1) is 0 Å². The van der Waals surface area contributed by atoms with Crippen LogP contribution in [0.25, 0.3) is 11.3 Å². The molecule has 0 amide bonds. The van der Waals surface area contributed by atoms with Gasteiger partial charge < -0.3 is 10.5 Å². The molecule has 0 aliphatic rings. The van der Waals surface area contributed by atoms with Gasteiger partial charge in [-0.3, -0.25) is 9.97 Å². The highest BCUT2D eigenvalue weighted by Crippen LogP contribution is 2.32. The molecular weight excluding hydrogens is 238 g/mol. The van der Waals surface area contributed by atoms with E-state index in [1.54, 1.807) is 37.7 Å². The van der Waals surface area contributed by atoms with Crippen LogP contribution in [0.5, 0.6) is 5.75 Å². The van der Waals surface area contributed by atoms with Crippen molar-refractivity contribution in [2.45, 2.75) is 6.54 Å². The standard InChI is InChI=1S/C12H12ClN3O/c1-17-11-3-2-8(13)6-9(11)12-10(7-14)15-4-5-16-12/h2-6H,7,14H2,1H3. The molecule has 1 aromatic carbocycles. The predicted molar refractivity (Wildman–Crippen MR) is 66.9 cm³/mol. The van der Waals surface area contributed by atoms with Crippen LogP contribution < -0.4 is 10.5 Å². The second-order valence-corrected chi connectivity index (χ2v) is 3.84. The van der Waals surface area contributed by atoms with E-state index in [1.165, 1.54) is 0 Å². The first-order valence-electron chi connectivity index (χ1n) is 5.10. The summed E-state index contributed by atoms with van der Waals surface area (Å²) in [6, 6.07) is 5.36. The topological polar surface area (TPSA) is 61.0 Å². The molecule has 2 aromatic rings. The maximum atomic E-state index is 5.98. The third kappa shape index (κ3) is 2.38. The summed E-state index contributed by atoms with van der Waals surface area (Å²) in [5, 5.41) is 0.620. The number of methoxy groups -OCH3 is 1. The Labute approximate surface area is 104 Å². The molecule has 1 aromatic heterocycles. The fourth-order valence-electron chi connectivity index (χ4n) is 1.61. The van der Waals surface area contributed by atoms with Gasteiger partial charge in [-0.05, 0) is 18.2 Å². The van der Waals surface area contributed by atoms with E-state index < -0.39 is 0 Å². The van der Waals surface area contributed by atoms with Crippen LogP contribution >= 0.6 is 11.6 Å². The van der Waals surface area contributed by atoms with E-state index in [0.717, 1.165) is 5.56 Å². The van der Waals surface area contributed by atoms with Crippen molar-refractivity contribution in [2.75, 3.05) is 7.11 Å². The van der Waals surface area contributed by atoms with Crippen molar-refractivity contribution in [3.8, 4) is 17.0 Å². The van der Waals surface area contributed by atoms with Gasteiger partial charge >= 0.3 is 0 Å². The lowest BCUT2D eigenvalue weighted by Gasteiger charge is -2.10. The summed E-state index contributed by atoms with van der Waals surface area (Å²) >= 11 is 5.98. The fraction of sp³-hybridized carbons (Fsp3) is 0.167. The van der Waals surface area contributed by atoms with Gasteiger partial charge in [0.25, 0.3) is 0 Å². The van der Waals surface area contributed by atoms with Gasteiger partial charge in [0.05, 0.1) is 18.5 Å². The molecule has 0 bridgehead atoms. The maximum Gasteiger partial charge on any atom is 0.128 e. The Kier molecular flexibility index (Phi) is 3.56. The lowest BCUT2D eigenvalue weighted by atomic mass is 10.1. The lowest BCUT2D eigenvalue weighted by Crippen LogP contribution is -2.04. The zero-order valence-corrected chi connectivity index (χ0v) is 10.1. The highest BCUT2D eigenvalue weighted by molar-refractivity contribution is 6.30. The Hall–Kier alpha value is -1.65. The van der Waals surface area contributed by atoms with Crippen LogP contribution in [0.2, 0.25) is 5.02 Å². The maximum absolute atomic E-state index is 5.98. The normalized spacial score (nSPS) is 10.3. The third-order valence-corrected chi connectivity index (χ3v) is 2.62. The molecule has 0 aliphatic carbocycles. The molecule has 0 saturated heterocycles. The molecule has 2 N–H and O–H groups in total. The molecule has 17 heavy (non-hydrogen) atoms. The van der Waals surface area contributed by atoms with Crippen molar-refractivity contribution in [3.63, 3.8) is 0 Å². The van der Waals surface area contributed by atoms with Gasteiger partial charge in [-0.2, -0.15) is 0 Å². The average Bonchev–Trinajstić information content (AvgIpc) is 2.38. The van der Waals surface area contributed by atoms with Crippen LogP contribution in [0.1, 0.15) is 5.69 Å². The second-order valence-electron chi connectivity index (χ2n) is 3.40. The molecule has 5 heteroatoms. The molecule has 0 spiro atoms. The molecule has 1 heterocycles. The number of aromatic nitrogens is 2. The van der Waals surface area contributed by atoms with E-state index >= 15 is 0 Å². The Bertz CT molecular complexity index is 531. The summed E-state index contributed by atoms with van der Waals surface area (Å²) in [5.41, 5.74) is 7.86. The Morgan fingerprint density at radius 2 is 2.06 bits per heavy atom. The summed E-state index contributed by atoms with van der Waals surface area (Å²) in [6.45, 7) is 0.318. The first-order chi connectivity index (χ1) is 8.26. The number of nitrogens with two attached hydrogens (primary N) is 1.